The van der Waals surface area contributed by atoms with Crippen molar-refractivity contribution in [3.05, 3.63) is 0 Å². The van der Waals surface area contributed by atoms with E-state index in [2.05, 4.69) is 16.0 Å². The van der Waals surface area contributed by atoms with Crippen molar-refractivity contribution < 1.29 is 34.2 Å². The number of aliphatic carboxylic acids is 1. The number of nitrogens with zero attached hydrogens (tertiary/aromatic N) is 1. The normalized spacial score (nSPS) is 20.3. The van der Waals surface area contributed by atoms with E-state index >= 15 is 0 Å². The molecule has 0 unspecified atom stereocenters. The molecule has 194 valence electrons. The van der Waals surface area contributed by atoms with E-state index < -0.39 is 65.9 Å². The highest BCUT2D eigenvalue weighted by Gasteiger charge is 2.38. The molecule has 0 aliphatic carbocycles. The minimum Gasteiger partial charge on any atom is -0.480 e. The van der Waals surface area contributed by atoms with Crippen molar-refractivity contribution in [3.63, 3.8) is 0 Å². The van der Waals surface area contributed by atoms with Crippen LogP contribution in [0.25, 0.3) is 0 Å². The van der Waals surface area contributed by atoms with Crippen LogP contribution in [0.2, 0.25) is 0 Å². The minimum atomic E-state index is -1.39. The van der Waals surface area contributed by atoms with Crippen LogP contribution in [0.5, 0.6) is 0 Å². The largest absolute Gasteiger partial charge is 0.480 e. The van der Waals surface area contributed by atoms with Crippen LogP contribution in [0.1, 0.15) is 54.4 Å². The Bertz CT molecular complexity index is 769. The van der Waals surface area contributed by atoms with Gasteiger partial charge in [0.1, 0.15) is 24.2 Å². The first-order valence-electron chi connectivity index (χ1n) is 11.6. The van der Waals surface area contributed by atoms with Gasteiger partial charge in [-0.2, -0.15) is 0 Å². The Kier molecular flexibility index (Phi) is 10.9. The Morgan fingerprint density at radius 1 is 0.853 bits per heavy atom. The summed E-state index contributed by atoms with van der Waals surface area (Å²) in [6, 6.07) is -5.24. The Labute approximate surface area is 200 Å². The molecular formula is C22H39N5O7. The molecule has 0 aromatic rings. The van der Waals surface area contributed by atoms with Crippen molar-refractivity contribution in [3.8, 4) is 0 Å². The zero-order valence-corrected chi connectivity index (χ0v) is 20.7. The van der Waals surface area contributed by atoms with E-state index in [1.165, 1.54) is 18.7 Å². The van der Waals surface area contributed by atoms with Crippen LogP contribution >= 0.6 is 0 Å². The number of carbonyl (C=O) groups excluding carboxylic acids is 4. The number of hydrogen-bond acceptors (Lipinski definition) is 7. The zero-order chi connectivity index (χ0) is 26.3. The number of amides is 4. The number of rotatable bonds is 11. The number of carboxylic acid groups (broad SMARTS) is 1. The molecule has 12 nitrogen and oxygen atoms in total. The van der Waals surface area contributed by atoms with Gasteiger partial charge in [-0.05, 0) is 38.5 Å². The monoisotopic (exact) mass is 485 g/mol. The molecule has 7 N–H and O–H groups in total. The molecule has 1 rings (SSSR count). The molecule has 1 heterocycles. The Morgan fingerprint density at radius 2 is 1.35 bits per heavy atom. The van der Waals surface area contributed by atoms with Crippen LogP contribution in [0.4, 0.5) is 0 Å². The van der Waals surface area contributed by atoms with E-state index in [9.17, 15) is 34.2 Å². The Morgan fingerprint density at radius 3 is 1.79 bits per heavy atom. The highest BCUT2D eigenvalue weighted by molar-refractivity contribution is 5.96. The van der Waals surface area contributed by atoms with Crippen LogP contribution in [0.15, 0.2) is 0 Å². The molecule has 1 aliphatic rings. The van der Waals surface area contributed by atoms with E-state index in [1.807, 2.05) is 0 Å². The predicted molar refractivity (Wildman–Crippen MR) is 123 cm³/mol. The van der Waals surface area contributed by atoms with Crippen LogP contribution in [0.3, 0.4) is 0 Å². The fourth-order valence-corrected chi connectivity index (χ4v) is 3.75. The number of nitrogens with two attached hydrogens (primary N) is 1. The molecule has 34 heavy (non-hydrogen) atoms. The van der Waals surface area contributed by atoms with Crippen molar-refractivity contribution >= 4 is 29.6 Å². The maximum absolute atomic E-state index is 12.9. The van der Waals surface area contributed by atoms with Gasteiger partial charge >= 0.3 is 5.97 Å². The zero-order valence-electron chi connectivity index (χ0n) is 20.7. The molecule has 0 radical (unpaired) electrons. The predicted octanol–water partition coefficient (Wildman–Crippen LogP) is -1.44. The van der Waals surface area contributed by atoms with Gasteiger partial charge in [-0.15, -0.1) is 0 Å². The molecule has 0 spiro atoms. The second kappa shape index (κ2) is 12.7. The smallest absolute Gasteiger partial charge is 0.326 e. The molecule has 0 aromatic heterocycles. The van der Waals surface area contributed by atoms with Crippen molar-refractivity contribution in [2.24, 2.45) is 17.6 Å². The maximum atomic E-state index is 12.9. The van der Waals surface area contributed by atoms with Crippen LogP contribution < -0.4 is 21.7 Å². The summed E-state index contributed by atoms with van der Waals surface area (Å²) in [4.78, 5) is 63.7. The molecule has 0 bridgehead atoms. The molecule has 4 amide bonds. The fourth-order valence-electron chi connectivity index (χ4n) is 3.75. The van der Waals surface area contributed by atoms with Gasteiger partial charge in [0.2, 0.25) is 23.6 Å². The van der Waals surface area contributed by atoms with E-state index in [-0.39, 0.29) is 11.8 Å². The lowest BCUT2D eigenvalue weighted by Crippen LogP contribution is -2.61. The van der Waals surface area contributed by atoms with Gasteiger partial charge < -0.3 is 36.8 Å². The third-order valence-corrected chi connectivity index (χ3v) is 5.77. The lowest BCUT2D eigenvalue weighted by molar-refractivity contribution is -0.144. The van der Waals surface area contributed by atoms with Crippen molar-refractivity contribution in [2.45, 2.75) is 90.7 Å². The first-order chi connectivity index (χ1) is 15.7. The van der Waals surface area contributed by atoms with Crippen LogP contribution in [0, 0.1) is 11.8 Å². The second-order valence-electron chi connectivity index (χ2n) is 9.50. The molecule has 0 aromatic carbocycles. The number of likely N-dealkylation sites (tertiary alicyclic amines) is 1. The van der Waals surface area contributed by atoms with Crippen LogP contribution in [-0.4, -0.2) is 87.6 Å². The summed E-state index contributed by atoms with van der Waals surface area (Å²) >= 11 is 0. The number of carbonyl (C=O) groups is 5. The number of carboxylic acids is 1. The van der Waals surface area contributed by atoms with Gasteiger partial charge in [0.05, 0.1) is 12.1 Å². The second-order valence-corrected chi connectivity index (χ2v) is 9.50. The van der Waals surface area contributed by atoms with E-state index in [0.29, 0.717) is 19.4 Å². The summed E-state index contributed by atoms with van der Waals surface area (Å²) in [5.41, 5.74) is 5.66. The topological polar surface area (TPSA) is 191 Å². The third-order valence-electron chi connectivity index (χ3n) is 5.77. The summed E-state index contributed by atoms with van der Waals surface area (Å²) in [7, 11) is 0. The Hall–Kier alpha value is -2.73. The Balaban J connectivity index is 2.96. The summed E-state index contributed by atoms with van der Waals surface area (Å²) in [5, 5.41) is 26.9. The van der Waals surface area contributed by atoms with Gasteiger partial charge in [-0.3, -0.25) is 19.2 Å². The van der Waals surface area contributed by atoms with Gasteiger partial charge in [0.15, 0.2) is 0 Å². The SMILES string of the molecule is CC(C)[C@H](NC(=O)[C@@H](NC(=O)[C@@H](NC(=O)[C@@H]1CCCN1C(=O)[C@H](C)N)[C@@H](C)O)C(C)C)C(=O)O. The van der Waals surface area contributed by atoms with E-state index in [1.54, 1.807) is 27.7 Å². The van der Waals surface area contributed by atoms with E-state index in [0.717, 1.165) is 0 Å². The van der Waals surface area contributed by atoms with E-state index in [4.69, 9.17) is 5.73 Å². The average molecular weight is 486 g/mol. The standard InChI is InChI=1S/C22H39N5O7/c1-10(2)15(19(30)25-16(11(3)4)22(33)34)24-20(31)17(13(6)28)26-18(29)14-8-7-9-27(14)21(32)12(5)23/h10-17,28H,7-9,23H2,1-6H3,(H,24,31)(H,25,30)(H,26,29)(H,33,34)/t12-,13+,14-,15-,16-,17-/m0/s1. The lowest BCUT2D eigenvalue weighted by atomic mass is 9.99. The molecule has 12 heteroatoms. The van der Waals surface area contributed by atoms with Gasteiger partial charge in [-0.1, -0.05) is 27.7 Å². The maximum Gasteiger partial charge on any atom is 0.326 e. The molecular weight excluding hydrogens is 446 g/mol. The third kappa shape index (κ3) is 7.66. The van der Waals surface area contributed by atoms with Crippen molar-refractivity contribution in [2.75, 3.05) is 6.54 Å². The molecule has 0 saturated carbocycles. The molecule has 1 saturated heterocycles. The average Bonchev–Trinajstić information content (AvgIpc) is 3.21. The number of aliphatic hydroxyl groups is 1. The lowest BCUT2D eigenvalue weighted by Gasteiger charge is -2.30. The summed E-state index contributed by atoms with van der Waals surface area (Å²) in [6.07, 6.45) is -0.319. The highest BCUT2D eigenvalue weighted by Crippen LogP contribution is 2.19. The fraction of sp³-hybridized carbons (Fsp3) is 0.773. The summed E-state index contributed by atoms with van der Waals surface area (Å²) in [5.74, 6) is -4.49. The summed E-state index contributed by atoms with van der Waals surface area (Å²) < 4.78 is 0. The van der Waals surface area contributed by atoms with Crippen LogP contribution in [-0.2, 0) is 24.0 Å². The number of hydrogen-bond donors (Lipinski definition) is 6. The quantitative estimate of drug-likeness (QED) is 0.205. The minimum absolute atomic E-state index is 0.361. The highest BCUT2D eigenvalue weighted by atomic mass is 16.4. The van der Waals surface area contributed by atoms with Gasteiger partial charge in [0.25, 0.3) is 0 Å². The molecule has 1 fully saturated rings. The first-order valence-corrected chi connectivity index (χ1v) is 11.6. The number of aliphatic hydroxyl groups excluding tert-OH is 1. The summed E-state index contributed by atoms with van der Waals surface area (Å²) in [6.45, 7) is 9.82. The first kappa shape index (κ1) is 29.3. The van der Waals surface area contributed by atoms with Crippen molar-refractivity contribution in [1.29, 1.82) is 0 Å². The molecule has 1 aliphatic heterocycles. The van der Waals surface area contributed by atoms with Gasteiger partial charge in [0, 0.05) is 6.54 Å². The van der Waals surface area contributed by atoms with Gasteiger partial charge in [-0.25, -0.2) is 4.79 Å². The number of nitrogens with one attached hydrogen (secondary N) is 3. The van der Waals surface area contributed by atoms with Crippen molar-refractivity contribution in [1.82, 2.24) is 20.9 Å². The molecule has 6 atom stereocenters.